The number of amides is 1. The SMILES string of the molecule is Cc1nc([C@@H]2CCCCCN2C(=O)Cn2ncc3ccccc32)no1. The molecule has 7 heteroatoms. The molecule has 1 saturated heterocycles. The molecular weight excluding hydrogens is 318 g/mol. The number of aromatic nitrogens is 4. The van der Waals surface area contributed by atoms with Gasteiger partial charge in [-0.05, 0) is 18.9 Å². The minimum Gasteiger partial charge on any atom is -0.340 e. The summed E-state index contributed by atoms with van der Waals surface area (Å²) in [6.45, 7) is 2.71. The number of hydrogen-bond acceptors (Lipinski definition) is 5. The summed E-state index contributed by atoms with van der Waals surface area (Å²) >= 11 is 0. The Labute approximate surface area is 145 Å². The van der Waals surface area contributed by atoms with Crippen LogP contribution in [0.5, 0.6) is 0 Å². The van der Waals surface area contributed by atoms with Crippen molar-refractivity contribution < 1.29 is 9.32 Å². The van der Waals surface area contributed by atoms with Crippen molar-refractivity contribution >= 4 is 16.8 Å². The highest BCUT2D eigenvalue weighted by atomic mass is 16.5. The maximum Gasteiger partial charge on any atom is 0.244 e. The second-order valence-corrected chi connectivity index (χ2v) is 6.48. The monoisotopic (exact) mass is 339 g/mol. The number of hydrogen-bond donors (Lipinski definition) is 0. The summed E-state index contributed by atoms with van der Waals surface area (Å²) in [5.41, 5.74) is 0.970. The molecule has 0 N–H and O–H groups in total. The lowest BCUT2D eigenvalue weighted by Crippen LogP contribution is -2.37. The van der Waals surface area contributed by atoms with Crippen molar-refractivity contribution in [2.75, 3.05) is 6.54 Å². The smallest absolute Gasteiger partial charge is 0.244 e. The van der Waals surface area contributed by atoms with Gasteiger partial charge in [0.1, 0.15) is 6.54 Å². The van der Waals surface area contributed by atoms with Crippen LogP contribution >= 0.6 is 0 Å². The summed E-state index contributed by atoms with van der Waals surface area (Å²) in [4.78, 5) is 19.3. The summed E-state index contributed by atoms with van der Waals surface area (Å²) in [7, 11) is 0. The molecule has 1 fully saturated rings. The number of rotatable bonds is 3. The molecule has 0 aliphatic carbocycles. The number of benzene rings is 1. The number of fused-ring (bicyclic) bond motifs is 1. The van der Waals surface area contributed by atoms with Crippen molar-refractivity contribution in [2.24, 2.45) is 0 Å². The molecule has 7 nitrogen and oxygen atoms in total. The number of para-hydroxylation sites is 1. The fourth-order valence-corrected chi connectivity index (χ4v) is 3.50. The van der Waals surface area contributed by atoms with Crippen LogP contribution in [0.25, 0.3) is 10.9 Å². The van der Waals surface area contributed by atoms with Crippen LogP contribution in [0.1, 0.15) is 43.4 Å². The minimum atomic E-state index is -0.116. The van der Waals surface area contributed by atoms with Crippen LogP contribution in [-0.4, -0.2) is 37.3 Å². The summed E-state index contributed by atoms with van der Waals surface area (Å²) in [5, 5.41) is 9.47. The highest BCUT2D eigenvalue weighted by Crippen LogP contribution is 2.29. The van der Waals surface area contributed by atoms with Gasteiger partial charge in [-0.2, -0.15) is 10.1 Å². The zero-order chi connectivity index (χ0) is 17.2. The van der Waals surface area contributed by atoms with E-state index in [1.54, 1.807) is 17.8 Å². The normalized spacial score (nSPS) is 18.4. The van der Waals surface area contributed by atoms with Gasteiger partial charge in [-0.1, -0.05) is 36.2 Å². The van der Waals surface area contributed by atoms with Crippen LogP contribution in [0.15, 0.2) is 35.0 Å². The molecule has 0 saturated carbocycles. The number of carbonyl (C=O) groups excluding carboxylic acids is 1. The van der Waals surface area contributed by atoms with Crippen LogP contribution in [0, 0.1) is 6.92 Å². The second kappa shape index (κ2) is 6.66. The predicted octanol–water partition coefficient (Wildman–Crippen LogP) is 2.87. The molecule has 1 amide bonds. The van der Waals surface area contributed by atoms with Crippen LogP contribution in [0.3, 0.4) is 0 Å². The van der Waals surface area contributed by atoms with Crippen molar-refractivity contribution in [3.05, 3.63) is 42.2 Å². The van der Waals surface area contributed by atoms with E-state index in [1.807, 2.05) is 29.2 Å². The fourth-order valence-electron chi connectivity index (χ4n) is 3.50. The Morgan fingerprint density at radius 3 is 3.00 bits per heavy atom. The Balaban J connectivity index is 1.59. The first-order valence-corrected chi connectivity index (χ1v) is 8.72. The van der Waals surface area contributed by atoms with Gasteiger partial charge >= 0.3 is 0 Å². The first kappa shape index (κ1) is 15.8. The Kier molecular flexibility index (Phi) is 4.21. The summed E-state index contributed by atoms with van der Waals surface area (Å²) in [6, 6.07) is 7.80. The van der Waals surface area contributed by atoms with Crippen molar-refractivity contribution in [3.8, 4) is 0 Å². The summed E-state index contributed by atoms with van der Waals surface area (Å²) < 4.78 is 6.90. The van der Waals surface area contributed by atoms with Gasteiger partial charge in [0.15, 0.2) is 5.82 Å². The third-order valence-electron chi connectivity index (χ3n) is 4.75. The van der Waals surface area contributed by atoms with Crippen molar-refractivity contribution in [3.63, 3.8) is 0 Å². The Morgan fingerprint density at radius 2 is 2.16 bits per heavy atom. The maximum absolute atomic E-state index is 13.0. The van der Waals surface area contributed by atoms with Crippen molar-refractivity contribution in [1.29, 1.82) is 0 Å². The van der Waals surface area contributed by atoms with Gasteiger partial charge in [-0.3, -0.25) is 9.48 Å². The van der Waals surface area contributed by atoms with Gasteiger partial charge in [0.2, 0.25) is 11.8 Å². The molecular formula is C18H21N5O2. The van der Waals surface area contributed by atoms with Crippen molar-refractivity contribution in [1.82, 2.24) is 24.8 Å². The number of nitrogens with zero attached hydrogens (tertiary/aromatic N) is 5. The number of aryl methyl sites for hydroxylation is 1. The zero-order valence-electron chi connectivity index (χ0n) is 14.3. The lowest BCUT2D eigenvalue weighted by atomic mass is 10.1. The molecule has 0 unspecified atom stereocenters. The summed E-state index contributed by atoms with van der Waals surface area (Å²) in [6.07, 6.45) is 5.84. The van der Waals surface area contributed by atoms with Gasteiger partial charge in [-0.25, -0.2) is 0 Å². The molecule has 1 aliphatic heterocycles. The lowest BCUT2D eigenvalue weighted by molar-refractivity contribution is -0.134. The number of likely N-dealkylation sites (tertiary alicyclic amines) is 1. The molecule has 1 atom stereocenters. The first-order chi connectivity index (χ1) is 12.2. The molecule has 1 aromatic carbocycles. The maximum atomic E-state index is 13.0. The Hall–Kier alpha value is -2.70. The fraction of sp³-hybridized carbons (Fsp3) is 0.444. The Bertz CT molecular complexity index is 884. The minimum absolute atomic E-state index is 0.0446. The van der Waals surface area contributed by atoms with Crippen LogP contribution < -0.4 is 0 Å². The average molecular weight is 339 g/mol. The molecule has 0 bridgehead atoms. The third-order valence-corrected chi connectivity index (χ3v) is 4.75. The zero-order valence-corrected chi connectivity index (χ0v) is 14.3. The highest BCUT2D eigenvalue weighted by molar-refractivity contribution is 5.82. The van der Waals surface area contributed by atoms with Crippen LogP contribution in [-0.2, 0) is 11.3 Å². The first-order valence-electron chi connectivity index (χ1n) is 8.72. The van der Waals surface area contributed by atoms with E-state index in [-0.39, 0.29) is 18.5 Å². The molecule has 25 heavy (non-hydrogen) atoms. The van der Waals surface area contributed by atoms with E-state index in [0.29, 0.717) is 11.7 Å². The molecule has 2 aromatic heterocycles. The third kappa shape index (κ3) is 3.14. The largest absolute Gasteiger partial charge is 0.340 e. The van der Waals surface area contributed by atoms with Crippen LogP contribution in [0.4, 0.5) is 0 Å². The highest BCUT2D eigenvalue weighted by Gasteiger charge is 2.30. The van der Waals surface area contributed by atoms with E-state index in [0.717, 1.165) is 43.1 Å². The molecule has 3 heterocycles. The van der Waals surface area contributed by atoms with Gasteiger partial charge in [-0.15, -0.1) is 0 Å². The summed E-state index contributed by atoms with van der Waals surface area (Å²) in [5.74, 6) is 1.19. The molecule has 0 radical (unpaired) electrons. The molecule has 1 aliphatic rings. The van der Waals surface area contributed by atoms with E-state index in [9.17, 15) is 4.79 Å². The molecule has 0 spiro atoms. The second-order valence-electron chi connectivity index (χ2n) is 6.48. The Morgan fingerprint density at radius 1 is 1.28 bits per heavy atom. The van der Waals surface area contributed by atoms with E-state index >= 15 is 0 Å². The lowest BCUT2D eigenvalue weighted by Gasteiger charge is -2.27. The van der Waals surface area contributed by atoms with E-state index < -0.39 is 0 Å². The molecule has 4 rings (SSSR count). The van der Waals surface area contributed by atoms with Gasteiger partial charge in [0.05, 0.1) is 17.8 Å². The molecule has 3 aromatic rings. The predicted molar refractivity (Wildman–Crippen MR) is 91.7 cm³/mol. The van der Waals surface area contributed by atoms with Gasteiger partial charge in [0, 0.05) is 18.9 Å². The van der Waals surface area contributed by atoms with Crippen LogP contribution in [0.2, 0.25) is 0 Å². The van der Waals surface area contributed by atoms with E-state index in [1.165, 1.54) is 0 Å². The van der Waals surface area contributed by atoms with E-state index in [4.69, 9.17) is 4.52 Å². The van der Waals surface area contributed by atoms with E-state index in [2.05, 4.69) is 15.2 Å². The molecule has 130 valence electrons. The number of carbonyl (C=O) groups is 1. The standard InChI is InChI=1S/C18H21N5O2/c1-13-20-18(21-25-13)16-9-3-2-6-10-22(16)17(24)12-23-15-8-5-4-7-14(15)11-19-23/h4-5,7-8,11,16H,2-3,6,9-10,12H2,1H3/t16-/m0/s1. The van der Waals surface area contributed by atoms with Gasteiger partial charge < -0.3 is 9.42 Å². The van der Waals surface area contributed by atoms with Gasteiger partial charge in [0.25, 0.3) is 0 Å². The van der Waals surface area contributed by atoms with Crippen molar-refractivity contribution in [2.45, 2.75) is 45.2 Å². The topological polar surface area (TPSA) is 77.1 Å². The quantitative estimate of drug-likeness (QED) is 0.733. The average Bonchev–Trinajstić information content (AvgIpc) is 3.14.